The first-order valence-electron chi connectivity index (χ1n) is 7.61. The molecule has 1 saturated heterocycles. The first-order valence-corrected chi connectivity index (χ1v) is 9.50. The van der Waals surface area contributed by atoms with Crippen LogP contribution in [0.3, 0.4) is 0 Å². The molecule has 0 aromatic heterocycles. The van der Waals surface area contributed by atoms with Gasteiger partial charge in [-0.15, -0.1) is 0 Å². The quantitative estimate of drug-likeness (QED) is 0.780. The van der Waals surface area contributed by atoms with Gasteiger partial charge in [0.05, 0.1) is 12.8 Å². The molecule has 0 aromatic rings. The van der Waals surface area contributed by atoms with Gasteiger partial charge >= 0.3 is 0 Å². The van der Waals surface area contributed by atoms with Crippen LogP contribution in [0.5, 0.6) is 0 Å². The minimum Gasteiger partial charge on any atom is -0.337 e. The summed E-state index contributed by atoms with van der Waals surface area (Å²) < 4.78 is 25.1. The number of carbonyl (C=O) groups is 1. The molecule has 1 rings (SSSR count). The molecule has 124 valence electrons. The Morgan fingerprint density at radius 1 is 1.19 bits per heavy atom. The van der Waals surface area contributed by atoms with Crippen LogP contribution in [-0.4, -0.2) is 68.1 Å². The second kappa shape index (κ2) is 7.56. The van der Waals surface area contributed by atoms with Crippen molar-refractivity contribution in [2.24, 2.45) is 0 Å². The average Bonchev–Trinajstić information content (AvgIpc) is 2.28. The third-order valence-electron chi connectivity index (χ3n) is 3.73. The molecule has 1 heterocycles. The highest BCUT2D eigenvalue weighted by Crippen LogP contribution is 2.13. The van der Waals surface area contributed by atoms with Crippen LogP contribution >= 0.6 is 0 Å². The van der Waals surface area contributed by atoms with E-state index < -0.39 is 10.0 Å². The Hall–Kier alpha value is -0.660. The van der Waals surface area contributed by atoms with Crippen LogP contribution in [0.25, 0.3) is 0 Å². The molecule has 1 aliphatic rings. The largest absolute Gasteiger partial charge is 0.337 e. The van der Waals surface area contributed by atoms with Gasteiger partial charge in [0.15, 0.2) is 0 Å². The van der Waals surface area contributed by atoms with Crippen molar-refractivity contribution in [3.8, 4) is 0 Å². The molecule has 1 amide bonds. The van der Waals surface area contributed by atoms with Crippen molar-refractivity contribution >= 4 is 15.9 Å². The van der Waals surface area contributed by atoms with E-state index in [1.165, 1.54) is 6.26 Å². The van der Waals surface area contributed by atoms with Gasteiger partial charge in [-0.05, 0) is 40.5 Å². The summed E-state index contributed by atoms with van der Waals surface area (Å²) in [4.78, 5) is 16.4. The zero-order chi connectivity index (χ0) is 16.2. The lowest BCUT2D eigenvalue weighted by Crippen LogP contribution is -2.50. The van der Waals surface area contributed by atoms with E-state index in [0.717, 1.165) is 25.9 Å². The molecule has 0 unspecified atom stereocenters. The molecule has 1 fully saturated rings. The molecule has 0 aliphatic carbocycles. The summed E-state index contributed by atoms with van der Waals surface area (Å²) >= 11 is 0. The van der Waals surface area contributed by atoms with Gasteiger partial charge in [-0.25, -0.2) is 13.1 Å². The summed E-state index contributed by atoms with van der Waals surface area (Å²) in [6.07, 6.45) is 2.69. The number of piperidine rings is 1. The summed E-state index contributed by atoms with van der Waals surface area (Å²) in [5.74, 6) is 0.148. The lowest BCUT2D eigenvalue weighted by Gasteiger charge is -2.36. The maximum Gasteiger partial charge on any atom is 0.237 e. The highest BCUT2D eigenvalue weighted by Gasteiger charge is 2.26. The molecular formula is C14H29N3O3S. The Morgan fingerprint density at radius 3 is 2.05 bits per heavy atom. The van der Waals surface area contributed by atoms with Gasteiger partial charge in [0.2, 0.25) is 15.9 Å². The van der Waals surface area contributed by atoms with Crippen molar-refractivity contribution in [1.29, 1.82) is 0 Å². The van der Waals surface area contributed by atoms with Gasteiger partial charge in [0.1, 0.15) is 0 Å². The number of sulfonamides is 1. The van der Waals surface area contributed by atoms with Crippen LogP contribution in [-0.2, 0) is 14.8 Å². The average molecular weight is 319 g/mol. The van der Waals surface area contributed by atoms with Gasteiger partial charge in [-0.1, -0.05) is 0 Å². The van der Waals surface area contributed by atoms with Crippen molar-refractivity contribution in [2.45, 2.75) is 58.7 Å². The van der Waals surface area contributed by atoms with Crippen LogP contribution in [0.15, 0.2) is 0 Å². The molecule has 0 saturated carbocycles. The lowest BCUT2D eigenvalue weighted by molar-refractivity contribution is -0.136. The Kier molecular flexibility index (Phi) is 6.62. The number of hydrogen-bond donors (Lipinski definition) is 1. The minimum absolute atomic E-state index is 0.00217. The fourth-order valence-electron chi connectivity index (χ4n) is 2.96. The molecule has 0 atom stereocenters. The third-order valence-corrected chi connectivity index (χ3v) is 4.49. The Balaban J connectivity index is 2.47. The smallest absolute Gasteiger partial charge is 0.237 e. The molecule has 6 nitrogen and oxygen atoms in total. The highest BCUT2D eigenvalue weighted by molar-refractivity contribution is 7.88. The van der Waals surface area contributed by atoms with Gasteiger partial charge in [-0.2, -0.15) is 0 Å². The maximum absolute atomic E-state index is 12.4. The lowest BCUT2D eigenvalue weighted by atomic mass is 10.1. The number of carbonyl (C=O) groups excluding carboxylic acids is 1. The molecule has 7 heteroatoms. The maximum atomic E-state index is 12.4. The molecule has 0 radical (unpaired) electrons. The molecule has 21 heavy (non-hydrogen) atoms. The van der Waals surface area contributed by atoms with Crippen molar-refractivity contribution in [3.63, 3.8) is 0 Å². The molecule has 0 aromatic carbocycles. The molecule has 0 spiro atoms. The summed E-state index contributed by atoms with van der Waals surface area (Å²) in [5, 5.41) is 0. The Morgan fingerprint density at radius 2 is 1.67 bits per heavy atom. The second-order valence-electron chi connectivity index (χ2n) is 6.43. The summed E-state index contributed by atoms with van der Waals surface area (Å²) in [7, 11) is -3.14. The molecule has 1 N–H and O–H groups in total. The first kappa shape index (κ1) is 18.4. The van der Waals surface area contributed by atoms with E-state index in [9.17, 15) is 13.2 Å². The van der Waals surface area contributed by atoms with E-state index in [4.69, 9.17) is 0 Å². The predicted molar refractivity (Wildman–Crippen MR) is 84.6 cm³/mol. The summed E-state index contributed by atoms with van der Waals surface area (Å²) in [6.45, 7) is 10.0. The van der Waals surface area contributed by atoms with E-state index in [1.54, 1.807) is 0 Å². The van der Waals surface area contributed by atoms with Crippen LogP contribution in [0.2, 0.25) is 0 Å². The third kappa shape index (κ3) is 6.32. The van der Waals surface area contributed by atoms with Gasteiger partial charge in [0, 0.05) is 31.2 Å². The monoisotopic (exact) mass is 319 g/mol. The number of nitrogens with one attached hydrogen (secondary N) is 1. The van der Waals surface area contributed by atoms with E-state index in [0.29, 0.717) is 6.54 Å². The van der Waals surface area contributed by atoms with Crippen LogP contribution in [0.1, 0.15) is 40.5 Å². The van der Waals surface area contributed by atoms with Crippen LogP contribution in [0.4, 0.5) is 0 Å². The van der Waals surface area contributed by atoms with E-state index >= 15 is 0 Å². The molecular weight excluding hydrogens is 290 g/mol. The number of hydrogen-bond acceptors (Lipinski definition) is 4. The van der Waals surface area contributed by atoms with Gasteiger partial charge in [-0.3, -0.25) is 9.69 Å². The number of amides is 1. The standard InChI is InChI=1S/C14H29N3O3S/c1-11(2)17(12(3)4)14(18)10-16-8-6-13(7-9-16)15-21(5,19)20/h11-13,15H,6-10H2,1-5H3. The fraction of sp³-hybridized carbons (Fsp3) is 0.929. The number of nitrogens with zero attached hydrogens (tertiary/aromatic N) is 2. The van der Waals surface area contributed by atoms with Crippen molar-refractivity contribution in [1.82, 2.24) is 14.5 Å². The zero-order valence-corrected chi connectivity index (χ0v) is 14.6. The predicted octanol–water partition coefficient (Wildman–Crippen LogP) is 0.645. The topological polar surface area (TPSA) is 69.7 Å². The van der Waals surface area contributed by atoms with Crippen molar-refractivity contribution in [2.75, 3.05) is 25.9 Å². The summed E-state index contributed by atoms with van der Waals surface area (Å²) in [5.41, 5.74) is 0. The minimum atomic E-state index is -3.14. The van der Waals surface area contributed by atoms with E-state index in [1.807, 2.05) is 32.6 Å². The Labute approximate surface area is 128 Å². The number of rotatable bonds is 6. The van der Waals surface area contributed by atoms with Gasteiger partial charge in [0.25, 0.3) is 0 Å². The SMILES string of the molecule is CC(C)N(C(=O)CN1CCC(NS(C)(=O)=O)CC1)C(C)C. The van der Waals surface area contributed by atoms with Crippen molar-refractivity contribution in [3.05, 3.63) is 0 Å². The van der Waals surface area contributed by atoms with E-state index in [2.05, 4.69) is 9.62 Å². The normalized spacial score (nSPS) is 18.4. The number of likely N-dealkylation sites (tertiary alicyclic amines) is 1. The Bertz CT molecular complexity index is 432. The van der Waals surface area contributed by atoms with Crippen LogP contribution < -0.4 is 4.72 Å². The molecule has 1 aliphatic heterocycles. The van der Waals surface area contributed by atoms with Gasteiger partial charge < -0.3 is 4.90 Å². The first-order chi connectivity index (χ1) is 9.60. The van der Waals surface area contributed by atoms with Crippen LogP contribution in [0, 0.1) is 0 Å². The van der Waals surface area contributed by atoms with Crippen molar-refractivity contribution < 1.29 is 13.2 Å². The fourth-order valence-corrected chi connectivity index (χ4v) is 3.80. The molecule has 0 bridgehead atoms. The zero-order valence-electron chi connectivity index (χ0n) is 13.8. The van der Waals surface area contributed by atoms with E-state index in [-0.39, 0.29) is 24.0 Å². The highest BCUT2D eigenvalue weighted by atomic mass is 32.2. The summed E-state index contributed by atoms with van der Waals surface area (Å²) in [6, 6.07) is 0.390. The second-order valence-corrected chi connectivity index (χ2v) is 8.21.